The maximum absolute atomic E-state index is 10.3. The number of carboxylic acids is 1. The van der Waals surface area contributed by atoms with E-state index in [1.165, 1.54) is 44.9 Å². The molecular formula is C15H27N2O2+. The van der Waals surface area contributed by atoms with Crippen LogP contribution in [0.25, 0.3) is 0 Å². The SMILES string of the molecule is O=C(O)CCCCCCCCCCC[n+]1cc[nH]c1. The molecule has 1 heterocycles. The minimum atomic E-state index is -0.666. The van der Waals surface area contributed by atoms with Crippen molar-refractivity contribution in [3.05, 3.63) is 18.7 Å². The lowest BCUT2D eigenvalue weighted by molar-refractivity contribution is -0.696. The Balaban J connectivity index is 1.75. The van der Waals surface area contributed by atoms with Crippen molar-refractivity contribution >= 4 is 5.97 Å². The van der Waals surface area contributed by atoms with Gasteiger partial charge in [-0.05, 0) is 19.3 Å². The molecule has 4 nitrogen and oxygen atoms in total. The molecule has 0 aromatic carbocycles. The maximum atomic E-state index is 10.3. The Hall–Kier alpha value is -1.32. The van der Waals surface area contributed by atoms with Gasteiger partial charge >= 0.3 is 5.97 Å². The van der Waals surface area contributed by atoms with Gasteiger partial charge in [-0.2, -0.15) is 0 Å². The van der Waals surface area contributed by atoms with Crippen LogP contribution >= 0.6 is 0 Å². The first-order valence-corrected chi connectivity index (χ1v) is 7.52. The summed E-state index contributed by atoms with van der Waals surface area (Å²) >= 11 is 0. The molecule has 0 unspecified atom stereocenters. The third-order valence-electron chi connectivity index (χ3n) is 3.41. The Morgan fingerprint density at radius 3 is 2.05 bits per heavy atom. The summed E-state index contributed by atoms with van der Waals surface area (Å²) in [4.78, 5) is 13.4. The normalized spacial score (nSPS) is 10.7. The average Bonchev–Trinajstić information content (AvgIpc) is 2.88. The average molecular weight is 267 g/mol. The van der Waals surface area contributed by atoms with Crippen molar-refractivity contribution in [3.8, 4) is 0 Å². The number of hydrogen-bond donors (Lipinski definition) is 2. The minimum Gasteiger partial charge on any atom is -0.481 e. The van der Waals surface area contributed by atoms with Crippen LogP contribution in [0.2, 0.25) is 0 Å². The summed E-state index contributed by atoms with van der Waals surface area (Å²) in [6, 6.07) is 0. The van der Waals surface area contributed by atoms with Crippen molar-refractivity contribution in [1.82, 2.24) is 4.98 Å². The molecule has 0 atom stereocenters. The Kier molecular flexibility index (Phi) is 8.77. The number of nitrogens with one attached hydrogen (secondary N) is 1. The van der Waals surface area contributed by atoms with E-state index in [2.05, 4.69) is 15.7 Å². The Labute approximate surface area is 115 Å². The quantitative estimate of drug-likeness (QED) is 0.451. The van der Waals surface area contributed by atoms with Gasteiger partial charge in [0, 0.05) is 6.42 Å². The fourth-order valence-corrected chi connectivity index (χ4v) is 2.27. The molecule has 0 aliphatic heterocycles. The van der Waals surface area contributed by atoms with Crippen LogP contribution in [0.4, 0.5) is 0 Å². The molecule has 0 radical (unpaired) electrons. The summed E-state index contributed by atoms with van der Waals surface area (Å²) in [6.45, 7) is 1.11. The van der Waals surface area contributed by atoms with Gasteiger partial charge in [0.1, 0.15) is 12.4 Å². The highest BCUT2D eigenvalue weighted by molar-refractivity contribution is 5.66. The van der Waals surface area contributed by atoms with Crippen molar-refractivity contribution < 1.29 is 14.5 Å². The first kappa shape index (κ1) is 15.7. The summed E-state index contributed by atoms with van der Waals surface area (Å²) in [6.07, 6.45) is 17.2. The topological polar surface area (TPSA) is 57.0 Å². The van der Waals surface area contributed by atoms with Crippen molar-refractivity contribution in [3.63, 3.8) is 0 Å². The maximum Gasteiger partial charge on any atom is 0.303 e. The standard InChI is InChI=1S/C15H26N2O2/c18-15(19)10-8-6-4-2-1-3-5-7-9-12-17-13-11-16-14-17/h11,13-14H,1-10,12H2,(H,18,19)/p+1. The lowest BCUT2D eigenvalue weighted by Gasteiger charge is -2.01. The number of H-pyrrole nitrogens is 1. The molecule has 0 fully saturated rings. The summed E-state index contributed by atoms with van der Waals surface area (Å²) in [7, 11) is 0. The van der Waals surface area contributed by atoms with Gasteiger partial charge in [-0.25, -0.2) is 4.57 Å². The van der Waals surface area contributed by atoms with Gasteiger partial charge in [-0.1, -0.05) is 38.5 Å². The molecular weight excluding hydrogens is 240 g/mol. The van der Waals surface area contributed by atoms with Gasteiger partial charge < -0.3 is 5.11 Å². The monoisotopic (exact) mass is 267 g/mol. The predicted molar refractivity (Wildman–Crippen MR) is 74.8 cm³/mol. The van der Waals surface area contributed by atoms with Gasteiger partial charge in [0.15, 0.2) is 0 Å². The van der Waals surface area contributed by atoms with Crippen LogP contribution in [0.15, 0.2) is 18.7 Å². The molecule has 2 N–H and O–H groups in total. The smallest absolute Gasteiger partial charge is 0.303 e. The Bertz CT molecular complexity index is 323. The summed E-state index contributed by atoms with van der Waals surface area (Å²) in [5.41, 5.74) is 0. The van der Waals surface area contributed by atoms with Crippen LogP contribution in [0.5, 0.6) is 0 Å². The number of aryl methyl sites for hydroxylation is 1. The first-order valence-electron chi connectivity index (χ1n) is 7.52. The zero-order chi connectivity index (χ0) is 13.8. The molecule has 1 aromatic heterocycles. The highest BCUT2D eigenvalue weighted by Gasteiger charge is 1.98. The zero-order valence-electron chi connectivity index (χ0n) is 11.8. The lowest BCUT2D eigenvalue weighted by Crippen LogP contribution is -2.30. The highest BCUT2D eigenvalue weighted by atomic mass is 16.4. The number of rotatable bonds is 12. The van der Waals surface area contributed by atoms with E-state index in [0.717, 1.165) is 19.4 Å². The van der Waals surface area contributed by atoms with E-state index >= 15 is 0 Å². The van der Waals surface area contributed by atoms with Crippen molar-refractivity contribution in [2.24, 2.45) is 0 Å². The largest absolute Gasteiger partial charge is 0.481 e. The zero-order valence-corrected chi connectivity index (χ0v) is 11.8. The number of aromatic nitrogens is 2. The third kappa shape index (κ3) is 9.28. The van der Waals surface area contributed by atoms with Gasteiger partial charge in [0.25, 0.3) is 0 Å². The molecule has 1 rings (SSSR count). The van der Waals surface area contributed by atoms with E-state index in [0.29, 0.717) is 6.42 Å². The van der Waals surface area contributed by atoms with Crippen molar-refractivity contribution in [1.29, 1.82) is 0 Å². The number of unbranched alkanes of at least 4 members (excludes halogenated alkanes) is 8. The number of imidazole rings is 1. The molecule has 0 saturated carbocycles. The number of aromatic amines is 1. The van der Waals surface area contributed by atoms with Gasteiger partial charge in [-0.15, -0.1) is 0 Å². The molecule has 4 heteroatoms. The summed E-state index contributed by atoms with van der Waals surface area (Å²) in [5, 5.41) is 8.50. The molecule has 0 aliphatic rings. The van der Waals surface area contributed by atoms with Crippen LogP contribution in [-0.2, 0) is 11.3 Å². The van der Waals surface area contributed by atoms with Gasteiger partial charge in [0.05, 0.1) is 6.54 Å². The first-order chi connectivity index (χ1) is 9.29. The number of aliphatic carboxylic acids is 1. The molecule has 0 aliphatic carbocycles. The summed E-state index contributed by atoms with van der Waals surface area (Å²) < 4.78 is 2.18. The van der Waals surface area contributed by atoms with E-state index in [1.807, 2.05) is 12.5 Å². The molecule has 19 heavy (non-hydrogen) atoms. The number of carboxylic acid groups (broad SMARTS) is 1. The Morgan fingerprint density at radius 1 is 0.947 bits per heavy atom. The molecule has 0 amide bonds. The predicted octanol–water partition coefficient (Wildman–Crippen LogP) is 3.29. The molecule has 108 valence electrons. The second kappa shape index (κ2) is 10.6. The van der Waals surface area contributed by atoms with Crippen LogP contribution in [0.1, 0.15) is 64.2 Å². The van der Waals surface area contributed by atoms with Crippen LogP contribution < -0.4 is 4.57 Å². The summed E-state index contributed by atoms with van der Waals surface area (Å²) in [5.74, 6) is -0.666. The fraction of sp³-hybridized carbons (Fsp3) is 0.733. The van der Waals surface area contributed by atoms with E-state index in [-0.39, 0.29) is 0 Å². The minimum absolute atomic E-state index is 0.330. The van der Waals surface area contributed by atoms with Crippen molar-refractivity contribution in [2.45, 2.75) is 70.8 Å². The van der Waals surface area contributed by atoms with E-state index in [4.69, 9.17) is 5.11 Å². The van der Waals surface area contributed by atoms with E-state index in [9.17, 15) is 4.79 Å². The highest BCUT2D eigenvalue weighted by Crippen LogP contribution is 2.10. The van der Waals surface area contributed by atoms with Gasteiger partial charge in [-0.3, -0.25) is 9.78 Å². The van der Waals surface area contributed by atoms with Crippen LogP contribution in [0, 0.1) is 0 Å². The Morgan fingerprint density at radius 2 is 1.53 bits per heavy atom. The van der Waals surface area contributed by atoms with Crippen LogP contribution in [-0.4, -0.2) is 16.1 Å². The molecule has 0 spiro atoms. The van der Waals surface area contributed by atoms with Crippen molar-refractivity contribution in [2.75, 3.05) is 0 Å². The number of nitrogens with zero attached hydrogens (tertiary/aromatic N) is 1. The number of carbonyl (C=O) groups is 1. The molecule has 0 bridgehead atoms. The third-order valence-corrected chi connectivity index (χ3v) is 3.41. The molecule has 0 saturated heterocycles. The number of hydrogen-bond acceptors (Lipinski definition) is 1. The fourth-order valence-electron chi connectivity index (χ4n) is 2.27. The van der Waals surface area contributed by atoms with Gasteiger partial charge in [0.2, 0.25) is 6.33 Å². The lowest BCUT2D eigenvalue weighted by atomic mass is 10.1. The molecule has 1 aromatic rings. The van der Waals surface area contributed by atoms with E-state index < -0.39 is 5.97 Å². The van der Waals surface area contributed by atoms with E-state index in [1.54, 1.807) is 0 Å². The second-order valence-electron chi connectivity index (χ2n) is 5.18. The second-order valence-corrected chi connectivity index (χ2v) is 5.18. The van der Waals surface area contributed by atoms with Crippen LogP contribution in [0.3, 0.4) is 0 Å².